The van der Waals surface area contributed by atoms with Gasteiger partial charge < -0.3 is 15.5 Å². The molecule has 1 atom stereocenters. The van der Waals surface area contributed by atoms with Crippen LogP contribution in [0.2, 0.25) is 0 Å². The van der Waals surface area contributed by atoms with Crippen molar-refractivity contribution in [1.29, 1.82) is 0 Å². The highest BCUT2D eigenvalue weighted by atomic mass is 79.9. The highest BCUT2D eigenvalue weighted by Gasteiger charge is 2.22. The summed E-state index contributed by atoms with van der Waals surface area (Å²) in [5.41, 5.74) is 8.00. The van der Waals surface area contributed by atoms with E-state index in [1.54, 1.807) is 0 Å². The topological polar surface area (TPSA) is 32.5 Å². The average Bonchev–Trinajstić information content (AvgIpc) is 2.64. The van der Waals surface area contributed by atoms with Crippen molar-refractivity contribution in [1.82, 2.24) is 4.90 Å². The van der Waals surface area contributed by atoms with Crippen LogP contribution in [-0.2, 0) is 0 Å². The summed E-state index contributed by atoms with van der Waals surface area (Å²) in [4.78, 5) is 4.69. The Morgan fingerprint density at radius 2 is 2.29 bits per heavy atom. The van der Waals surface area contributed by atoms with E-state index in [-0.39, 0.29) is 0 Å². The summed E-state index contributed by atoms with van der Waals surface area (Å²) in [5, 5.41) is 0. The fraction of sp³-hybridized carbons (Fsp3) is 0.538. The Bertz CT molecular complexity index is 394. The van der Waals surface area contributed by atoms with Crippen LogP contribution in [0.4, 0.5) is 11.4 Å². The summed E-state index contributed by atoms with van der Waals surface area (Å²) in [7, 11) is 4.32. The van der Waals surface area contributed by atoms with Crippen LogP contribution in [-0.4, -0.2) is 38.1 Å². The van der Waals surface area contributed by atoms with Gasteiger partial charge in [-0.2, -0.15) is 0 Å². The van der Waals surface area contributed by atoms with E-state index in [0.717, 1.165) is 22.4 Å². The molecule has 0 aromatic heterocycles. The van der Waals surface area contributed by atoms with Crippen LogP contribution in [0.3, 0.4) is 0 Å². The monoisotopic (exact) mass is 297 g/mol. The number of hydrogen-bond donors (Lipinski definition) is 1. The highest BCUT2D eigenvalue weighted by Crippen LogP contribution is 2.27. The average molecular weight is 298 g/mol. The molecule has 1 aliphatic heterocycles. The van der Waals surface area contributed by atoms with Crippen molar-refractivity contribution in [2.24, 2.45) is 0 Å². The second kappa shape index (κ2) is 5.27. The third-order valence-electron chi connectivity index (χ3n) is 3.56. The standard InChI is InChI=1S/C13H20BrN3/c1-16-7-3-4-11(16)9-17(2)13-6-5-10(14)8-12(13)15/h5-6,8,11H,3-4,7,9,15H2,1-2H3. The van der Waals surface area contributed by atoms with E-state index in [1.165, 1.54) is 19.4 Å². The summed E-state index contributed by atoms with van der Waals surface area (Å²) in [6.07, 6.45) is 2.60. The molecule has 1 unspecified atom stereocenters. The number of nitrogens with zero attached hydrogens (tertiary/aromatic N) is 2. The minimum absolute atomic E-state index is 0.656. The molecule has 0 bridgehead atoms. The van der Waals surface area contributed by atoms with Gasteiger partial charge in [0, 0.05) is 24.1 Å². The quantitative estimate of drug-likeness (QED) is 0.871. The molecule has 0 amide bonds. The zero-order valence-corrected chi connectivity index (χ0v) is 12.1. The van der Waals surface area contributed by atoms with Gasteiger partial charge in [0.05, 0.1) is 11.4 Å². The van der Waals surface area contributed by atoms with Crippen LogP contribution in [0, 0.1) is 0 Å². The van der Waals surface area contributed by atoms with Crippen LogP contribution in [0.5, 0.6) is 0 Å². The third-order valence-corrected chi connectivity index (χ3v) is 4.05. The van der Waals surface area contributed by atoms with Crippen molar-refractivity contribution in [2.45, 2.75) is 18.9 Å². The maximum absolute atomic E-state index is 6.05. The molecule has 1 aromatic carbocycles. The van der Waals surface area contributed by atoms with Gasteiger partial charge >= 0.3 is 0 Å². The molecule has 1 fully saturated rings. The smallest absolute Gasteiger partial charge is 0.0598 e. The first-order valence-electron chi connectivity index (χ1n) is 6.04. The molecule has 4 heteroatoms. The minimum atomic E-state index is 0.656. The lowest BCUT2D eigenvalue weighted by molar-refractivity contribution is 0.314. The number of likely N-dealkylation sites (N-methyl/N-ethyl adjacent to an activating group) is 2. The predicted octanol–water partition coefficient (Wildman–Crippen LogP) is 2.56. The van der Waals surface area contributed by atoms with E-state index in [4.69, 9.17) is 5.73 Å². The molecule has 1 aromatic rings. The minimum Gasteiger partial charge on any atom is -0.397 e. The number of nitrogen functional groups attached to an aromatic ring is 1. The van der Waals surface area contributed by atoms with E-state index in [0.29, 0.717) is 6.04 Å². The van der Waals surface area contributed by atoms with Crippen molar-refractivity contribution >= 4 is 27.3 Å². The molecule has 0 radical (unpaired) electrons. The summed E-state index contributed by atoms with van der Waals surface area (Å²) in [6, 6.07) is 6.74. The first-order chi connectivity index (χ1) is 8.08. The van der Waals surface area contributed by atoms with E-state index >= 15 is 0 Å². The van der Waals surface area contributed by atoms with Gasteiger partial charge in [0.25, 0.3) is 0 Å². The molecule has 3 nitrogen and oxygen atoms in total. The molecular formula is C13H20BrN3. The number of benzene rings is 1. The van der Waals surface area contributed by atoms with Crippen LogP contribution in [0.25, 0.3) is 0 Å². The lowest BCUT2D eigenvalue weighted by atomic mass is 10.2. The molecule has 2 rings (SSSR count). The van der Waals surface area contributed by atoms with Crippen molar-refractivity contribution in [2.75, 3.05) is 37.8 Å². The van der Waals surface area contributed by atoms with Gasteiger partial charge in [0.1, 0.15) is 0 Å². The molecule has 94 valence electrons. The second-order valence-electron chi connectivity index (χ2n) is 4.86. The van der Waals surface area contributed by atoms with Crippen molar-refractivity contribution in [3.63, 3.8) is 0 Å². The normalized spacial score (nSPS) is 20.8. The van der Waals surface area contributed by atoms with Crippen LogP contribution in [0.1, 0.15) is 12.8 Å². The van der Waals surface area contributed by atoms with Crippen LogP contribution in [0.15, 0.2) is 22.7 Å². The fourth-order valence-corrected chi connectivity index (χ4v) is 2.88. The molecule has 17 heavy (non-hydrogen) atoms. The van der Waals surface area contributed by atoms with Crippen molar-refractivity contribution in [3.05, 3.63) is 22.7 Å². The lowest BCUT2D eigenvalue weighted by Crippen LogP contribution is -2.36. The van der Waals surface area contributed by atoms with Gasteiger partial charge in [0.2, 0.25) is 0 Å². The Morgan fingerprint density at radius 1 is 1.53 bits per heavy atom. The number of hydrogen-bond acceptors (Lipinski definition) is 3. The van der Waals surface area contributed by atoms with Gasteiger partial charge in [-0.3, -0.25) is 0 Å². The number of likely N-dealkylation sites (tertiary alicyclic amines) is 1. The van der Waals surface area contributed by atoms with Crippen LogP contribution >= 0.6 is 15.9 Å². The SMILES string of the molecule is CN(CC1CCCN1C)c1ccc(Br)cc1N. The number of nitrogens with two attached hydrogens (primary N) is 1. The second-order valence-corrected chi connectivity index (χ2v) is 5.78. The molecule has 0 spiro atoms. The molecule has 1 saturated heterocycles. The number of rotatable bonds is 3. The molecule has 2 N–H and O–H groups in total. The highest BCUT2D eigenvalue weighted by molar-refractivity contribution is 9.10. The Labute approximate surface area is 112 Å². The largest absolute Gasteiger partial charge is 0.397 e. The van der Waals surface area contributed by atoms with Crippen molar-refractivity contribution in [3.8, 4) is 0 Å². The van der Waals surface area contributed by atoms with Gasteiger partial charge in [0.15, 0.2) is 0 Å². The molecular weight excluding hydrogens is 278 g/mol. The fourth-order valence-electron chi connectivity index (χ4n) is 2.50. The third kappa shape index (κ3) is 2.93. The summed E-state index contributed by atoms with van der Waals surface area (Å²) >= 11 is 3.44. The first-order valence-corrected chi connectivity index (χ1v) is 6.83. The Morgan fingerprint density at radius 3 is 2.88 bits per heavy atom. The Balaban J connectivity index is 2.06. The summed E-state index contributed by atoms with van der Waals surface area (Å²) in [5.74, 6) is 0. The molecule has 0 saturated carbocycles. The number of anilines is 2. The lowest BCUT2D eigenvalue weighted by Gasteiger charge is -2.28. The predicted molar refractivity (Wildman–Crippen MR) is 77.5 cm³/mol. The Kier molecular flexibility index (Phi) is 3.94. The van der Waals surface area contributed by atoms with E-state index in [9.17, 15) is 0 Å². The molecule has 1 heterocycles. The van der Waals surface area contributed by atoms with E-state index < -0.39 is 0 Å². The Hall–Kier alpha value is -0.740. The molecule has 1 aliphatic rings. The summed E-state index contributed by atoms with van der Waals surface area (Å²) < 4.78 is 1.03. The maximum Gasteiger partial charge on any atom is 0.0598 e. The van der Waals surface area contributed by atoms with Gasteiger partial charge in [-0.05, 0) is 44.6 Å². The van der Waals surface area contributed by atoms with Gasteiger partial charge in [-0.25, -0.2) is 0 Å². The molecule has 0 aliphatic carbocycles. The summed E-state index contributed by atoms with van der Waals surface area (Å²) in [6.45, 7) is 2.26. The zero-order chi connectivity index (χ0) is 12.4. The van der Waals surface area contributed by atoms with Crippen molar-refractivity contribution < 1.29 is 0 Å². The first kappa shape index (κ1) is 12.7. The van der Waals surface area contributed by atoms with Gasteiger partial charge in [-0.15, -0.1) is 0 Å². The van der Waals surface area contributed by atoms with E-state index in [2.05, 4.69) is 45.9 Å². The maximum atomic E-state index is 6.05. The zero-order valence-electron chi connectivity index (χ0n) is 10.5. The number of halogens is 1. The van der Waals surface area contributed by atoms with Crippen LogP contribution < -0.4 is 10.6 Å². The van der Waals surface area contributed by atoms with Gasteiger partial charge in [-0.1, -0.05) is 15.9 Å². The van der Waals surface area contributed by atoms with E-state index in [1.807, 2.05) is 12.1 Å².